The molecule has 2 nitrogen and oxygen atoms in total. The van der Waals surface area contributed by atoms with Gasteiger partial charge in [0.15, 0.2) is 11.6 Å². The van der Waals surface area contributed by atoms with Crippen LogP contribution in [0.15, 0.2) is 12.1 Å². The predicted octanol–water partition coefficient (Wildman–Crippen LogP) is 3.78. The maximum absolute atomic E-state index is 13.1. The molecule has 1 aromatic carbocycles. The van der Waals surface area contributed by atoms with E-state index in [1.54, 1.807) is 0 Å². The highest BCUT2D eigenvalue weighted by Gasteiger charge is 2.18. The van der Waals surface area contributed by atoms with Gasteiger partial charge in [-0.2, -0.15) is 0 Å². The van der Waals surface area contributed by atoms with Crippen LogP contribution < -0.4 is 5.32 Å². The lowest BCUT2D eigenvalue weighted by atomic mass is 10.0. The van der Waals surface area contributed by atoms with Crippen molar-refractivity contribution in [2.75, 3.05) is 0 Å². The van der Waals surface area contributed by atoms with Crippen molar-refractivity contribution in [2.24, 2.45) is 5.92 Å². The molecule has 0 unspecified atom stereocenters. The van der Waals surface area contributed by atoms with Gasteiger partial charge in [-0.3, -0.25) is 4.79 Å². The van der Waals surface area contributed by atoms with Gasteiger partial charge in [0.2, 0.25) is 0 Å². The van der Waals surface area contributed by atoms with Crippen molar-refractivity contribution >= 4 is 17.5 Å². The monoisotopic (exact) mass is 275 g/mol. The van der Waals surface area contributed by atoms with E-state index in [4.69, 9.17) is 11.6 Å². The summed E-state index contributed by atoms with van der Waals surface area (Å²) in [5.41, 5.74) is -0.0503. The zero-order chi connectivity index (χ0) is 13.9. The summed E-state index contributed by atoms with van der Waals surface area (Å²) >= 11 is 5.73. The van der Waals surface area contributed by atoms with E-state index in [0.29, 0.717) is 0 Å². The summed E-state index contributed by atoms with van der Waals surface area (Å²) in [7, 11) is 0. The third-order valence-electron chi connectivity index (χ3n) is 3.11. The number of carbonyl (C=O) groups excluding carboxylic acids is 1. The first-order valence-electron chi connectivity index (χ1n) is 5.82. The molecule has 1 rings (SSSR count). The van der Waals surface area contributed by atoms with Crippen LogP contribution in [0, 0.1) is 17.6 Å². The van der Waals surface area contributed by atoms with Gasteiger partial charge in [0, 0.05) is 6.04 Å². The average molecular weight is 276 g/mol. The number of rotatable bonds is 4. The first-order chi connectivity index (χ1) is 8.36. The summed E-state index contributed by atoms with van der Waals surface area (Å²) in [6.07, 6.45) is 0.910. The standard InChI is InChI=1S/C13H16ClF2NO/c1-4-7(2)8(3)17-13(18)9-5-11(15)12(16)6-10(9)14/h5-8H,4H2,1-3H3,(H,17,18)/t7-,8+/m1/s1. The Morgan fingerprint density at radius 3 is 2.44 bits per heavy atom. The second kappa shape index (κ2) is 6.14. The van der Waals surface area contributed by atoms with E-state index >= 15 is 0 Å². The number of nitrogens with one attached hydrogen (secondary N) is 1. The van der Waals surface area contributed by atoms with Gasteiger partial charge in [-0.25, -0.2) is 8.78 Å². The highest BCUT2D eigenvalue weighted by Crippen LogP contribution is 2.20. The Kier molecular flexibility index (Phi) is 5.08. The second-order valence-electron chi connectivity index (χ2n) is 4.39. The zero-order valence-electron chi connectivity index (χ0n) is 10.6. The number of benzene rings is 1. The summed E-state index contributed by atoms with van der Waals surface area (Å²) in [5, 5.41) is 2.63. The Bertz CT molecular complexity index is 451. The van der Waals surface area contributed by atoms with Crippen LogP contribution in [0.1, 0.15) is 37.6 Å². The van der Waals surface area contributed by atoms with E-state index in [9.17, 15) is 13.6 Å². The molecule has 0 heterocycles. The molecule has 0 aliphatic heterocycles. The molecule has 0 saturated carbocycles. The van der Waals surface area contributed by atoms with Crippen LogP contribution in [0.25, 0.3) is 0 Å². The van der Waals surface area contributed by atoms with Crippen molar-refractivity contribution in [3.63, 3.8) is 0 Å². The minimum absolute atomic E-state index is 0.0503. The van der Waals surface area contributed by atoms with Crippen LogP contribution in [-0.2, 0) is 0 Å². The number of carbonyl (C=O) groups is 1. The molecule has 18 heavy (non-hydrogen) atoms. The van der Waals surface area contributed by atoms with E-state index in [2.05, 4.69) is 5.32 Å². The Labute approximate surface area is 110 Å². The highest BCUT2D eigenvalue weighted by atomic mass is 35.5. The molecule has 0 spiro atoms. The Hall–Kier alpha value is -1.16. The number of amides is 1. The predicted molar refractivity (Wildman–Crippen MR) is 67.8 cm³/mol. The van der Waals surface area contributed by atoms with E-state index in [-0.39, 0.29) is 22.5 Å². The first-order valence-corrected chi connectivity index (χ1v) is 6.20. The minimum atomic E-state index is -1.08. The van der Waals surface area contributed by atoms with Crippen LogP contribution in [0.5, 0.6) is 0 Å². The van der Waals surface area contributed by atoms with Crippen LogP contribution in [0.4, 0.5) is 8.78 Å². The van der Waals surface area contributed by atoms with Gasteiger partial charge in [0.1, 0.15) is 0 Å². The van der Waals surface area contributed by atoms with Gasteiger partial charge in [0.25, 0.3) is 5.91 Å². The minimum Gasteiger partial charge on any atom is -0.349 e. The van der Waals surface area contributed by atoms with Crippen molar-refractivity contribution in [1.82, 2.24) is 5.32 Å². The number of hydrogen-bond donors (Lipinski definition) is 1. The molecule has 0 fully saturated rings. The van der Waals surface area contributed by atoms with E-state index in [1.165, 1.54) is 0 Å². The maximum Gasteiger partial charge on any atom is 0.253 e. The fourth-order valence-corrected chi connectivity index (χ4v) is 1.71. The maximum atomic E-state index is 13.1. The summed E-state index contributed by atoms with van der Waals surface area (Å²) < 4.78 is 25.9. The third kappa shape index (κ3) is 3.42. The highest BCUT2D eigenvalue weighted by molar-refractivity contribution is 6.33. The van der Waals surface area contributed by atoms with Crippen molar-refractivity contribution in [3.05, 3.63) is 34.4 Å². The summed E-state index contributed by atoms with van der Waals surface area (Å²) in [5.74, 6) is -2.35. The number of hydrogen-bond acceptors (Lipinski definition) is 1. The van der Waals surface area contributed by atoms with Crippen molar-refractivity contribution in [1.29, 1.82) is 0 Å². The topological polar surface area (TPSA) is 29.1 Å². The molecule has 5 heteroatoms. The molecule has 0 saturated heterocycles. The molecule has 2 atom stereocenters. The molecule has 1 aromatic rings. The van der Waals surface area contributed by atoms with Crippen molar-refractivity contribution in [2.45, 2.75) is 33.2 Å². The van der Waals surface area contributed by atoms with Crippen LogP contribution in [0.3, 0.4) is 0 Å². The molecule has 1 amide bonds. The summed E-state index contributed by atoms with van der Waals surface area (Å²) in [6.45, 7) is 5.87. The molecule has 0 radical (unpaired) electrons. The Balaban J connectivity index is 2.88. The summed E-state index contributed by atoms with van der Waals surface area (Å²) in [4.78, 5) is 11.9. The normalized spacial score (nSPS) is 14.1. The van der Waals surface area contributed by atoms with Gasteiger partial charge in [0.05, 0.1) is 10.6 Å². The molecule has 0 aliphatic rings. The van der Waals surface area contributed by atoms with Crippen molar-refractivity contribution in [3.8, 4) is 0 Å². The lowest BCUT2D eigenvalue weighted by Crippen LogP contribution is -2.37. The molecule has 0 bridgehead atoms. The van der Waals surface area contributed by atoms with Crippen LogP contribution >= 0.6 is 11.6 Å². The summed E-state index contributed by atoms with van der Waals surface area (Å²) in [6, 6.07) is 1.56. The van der Waals surface area contributed by atoms with Gasteiger partial charge in [-0.1, -0.05) is 31.9 Å². The fourth-order valence-electron chi connectivity index (χ4n) is 1.48. The van der Waals surface area contributed by atoms with Gasteiger partial charge in [-0.05, 0) is 25.0 Å². The van der Waals surface area contributed by atoms with Crippen molar-refractivity contribution < 1.29 is 13.6 Å². The van der Waals surface area contributed by atoms with Crippen LogP contribution in [0.2, 0.25) is 5.02 Å². The smallest absolute Gasteiger partial charge is 0.253 e. The molecule has 0 aliphatic carbocycles. The number of halogens is 3. The average Bonchev–Trinajstić information content (AvgIpc) is 2.32. The lowest BCUT2D eigenvalue weighted by molar-refractivity contribution is 0.0927. The quantitative estimate of drug-likeness (QED) is 0.833. The first kappa shape index (κ1) is 14.9. The van der Waals surface area contributed by atoms with E-state index in [0.717, 1.165) is 18.6 Å². The van der Waals surface area contributed by atoms with Gasteiger partial charge >= 0.3 is 0 Å². The molecular formula is C13H16ClF2NO. The molecule has 1 N–H and O–H groups in total. The lowest BCUT2D eigenvalue weighted by Gasteiger charge is -2.20. The molecule has 100 valence electrons. The van der Waals surface area contributed by atoms with Crippen LogP contribution in [-0.4, -0.2) is 11.9 Å². The SMILES string of the molecule is CC[C@@H](C)[C@H](C)NC(=O)c1cc(F)c(F)cc1Cl. The fraction of sp³-hybridized carbons (Fsp3) is 0.462. The third-order valence-corrected chi connectivity index (χ3v) is 3.42. The Morgan fingerprint density at radius 2 is 1.89 bits per heavy atom. The Morgan fingerprint density at radius 1 is 1.33 bits per heavy atom. The van der Waals surface area contributed by atoms with E-state index in [1.807, 2.05) is 20.8 Å². The second-order valence-corrected chi connectivity index (χ2v) is 4.80. The zero-order valence-corrected chi connectivity index (χ0v) is 11.3. The van der Waals surface area contributed by atoms with Gasteiger partial charge in [-0.15, -0.1) is 0 Å². The van der Waals surface area contributed by atoms with E-state index < -0.39 is 17.5 Å². The molecular weight excluding hydrogens is 260 g/mol. The largest absolute Gasteiger partial charge is 0.349 e. The van der Waals surface area contributed by atoms with Gasteiger partial charge < -0.3 is 5.32 Å². The molecule has 0 aromatic heterocycles.